The molecule has 152 valence electrons. The minimum absolute atomic E-state index is 0.0103. The third-order valence-corrected chi connectivity index (χ3v) is 4.99. The van der Waals surface area contributed by atoms with E-state index in [4.69, 9.17) is 0 Å². The van der Waals surface area contributed by atoms with Crippen LogP contribution in [0.1, 0.15) is 33.4 Å². The fourth-order valence-corrected chi connectivity index (χ4v) is 3.47. The molecule has 0 amide bonds. The van der Waals surface area contributed by atoms with Gasteiger partial charge in [-0.05, 0) is 65.1 Å². The molecule has 0 bridgehead atoms. The van der Waals surface area contributed by atoms with Gasteiger partial charge in [0.2, 0.25) is 6.43 Å². The molecule has 0 fully saturated rings. The van der Waals surface area contributed by atoms with E-state index in [-0.39, 0.29) is 27.8 Å². The predicted molar refractivity (Wildman–Crippen MR) is 103 cm³/mol. The van der Waals surface area contributed by atoms with Crippen LogP contribution in [-0.4, -0.2) is 6.43 Å². The molecule has 0 aliphatic carbocycles. The second-order valence-electron chi connectivity index (χ2n) is 7.07. The molecule has 0 aliphatic heterocycles. The third kappa shape index (κ3) is 3.97. The molecule has 30 heavy (non-hydrogen) atoms. The average Bonchev–Trinajstić information content (AvgIpc) is 2.66. The SMILES string of the molecule is Cc1cc2cc(C#N)c(C#N)c(-c3cc(CC(F)F)cc(C(F)(F)F)c3)c2cc1C. The van der Waals surface area contributed by atoms with Gasteiger partial charge >= 0.3 is 6.18 Å². The van der Waals surface area contributed by atoms with Crippen LogP contribution < -0.4 is 0 Å². The van der Waals surface area contributed by atoms with E-state index >= 15 is 0 Å². The monoisotopic (exact) mass is 414 g/mol. The second-order valence-corrected chi connectivity index (χ2v) is 7.07. The van der Waals surface area contributed by atoms with Crippen LogP contribution in [0.15, 0.2) is 36.4 Å². The molecule has 3 aromatic carbocycles. The third-order valence-electron chi connectivity index (χ3n) is 4.99. The number of halogens is 5. The lowest BCUT2D eigenvalue weighted by Gasteiger charge is -2.16. The number of rotatable bonds is 3. The smallest absolute Gasteiger partial charge is 0.210 e. The van der Waals surface area contributed by atoms with Crippen molar-refractivity contribution >= 4 is 10.8 Å². The van der Waals surface area contributed by atoms with E-state index in [9.17, 15) is 32.5 Å². The summed E-state index contributed by atoms with van der Waals surface area (Å²) in [5, 5.41) is 20.2. The van der Waals surface area contributed by atoms with Crippen molar-refractivity contribution < 1.29 is 22.0 Å². The normalized spacial score (nSPS) is 11.5. The van der Waals surface area contributed by atoms with Gasteiger partial charge in [-0.2, -0.15) is 23.7 Å². The van der Waals surface area contributed by atoms with Crippen molar-refractivity contribution in [3.8, 4) is 23.3 Å². The number of nitrogens with zero attached hydrogens (tertiary/aromatic N) is 2. The van der Waals surface area contributed by atoms with Crippen LogP contribution >= 0.6 is 0 Å². The van der Waals surface area contributed by atoms with Gasteiger partial charge in [-0.25, -0.2) is 8.78 Å². The first-order valence-electron chi connectivity index (χ1n) is 8.93. The molecule has 0 spiro atoms. The van der Waals surface area contributed by atoms with Gasteiger partial charge in [0, 0.05) is 12.0 Å². The number of nitriles is 2. The first-order chi connectivity index (χ1) is 14.0. The zero-order valence-corrected chi connectivity index (χ0v) is 16.0. The summed E-state index contributed by atoms with van der Waals surface area (Å²) < 4.78 is 66.2. The van der Waals surface area contributed by atoms with Gasteiger partial charge in [-0.3, -0.25) is 0 Å². The molecule has 0 N–H and O–H groups in total. The molecular weight excluding hydrogens is 399 g/mol. The predicted octanol–water partition coefficient (Wildman–Crippen LogP) is 6.69. The number of hydrogen-bond acceptors (Lipinski definition) is 2. The number of fused-ring (bicyclic) bond motifs is 1. The van der Waals surface area contributed by atoms with Crippen LogP contribution in [0.3, 0.4) is 0 Å². The van der Waals surface area contributed by atoms with E-state index in [0.717, 1.165) is 17.2 Å². The van der Waals surface area contributed by atoms with Gasteiger partial charge in [-0.15, -0.1) is 0 Å². The van der Waals surface area contributed by atoms with Gasteiger partial charge in [0.1, 0.15) is 12.1 Å². The molecule has 0 aliphatic rings. The highest BCUT2D eigenvalue weighted by Crippen LogP contribution is 2.39. The molecule has 0 radical (unpaired) electrons. The van der Waals surface area contributed by atoms with Gasteiger partial charge in [0.05, 0.1) is 16.7 Å². The summed E-state index contributed by atoms with van der Waals surface area (Å²) in [5.41, 5.74) is 0.504. The van der Waals surface area contributed by atoms with Gasteiger partial charge in [0.15, 0.2) is 0 Å². The summed E-state index contributed by atoms with van der Waals surface area (Å²) in [6.45, 7) is 3.67. The van der Waals surface area contributed by atoms with E-state index < -0.39 is 24.6 Å². The summed E-state index contributed by atoms with van der Waals surface area (Å²) in [4.78, 5) is 0. The minimum Gasteiger partial charge on any atom is -0.210 e. The maximum Gasteiger partial charge on any atom is 0.416 e. The lowest BCUT2D eigenvalue weighted by Crippen LogP contribution is -2.08. The number of aryl methyl sites for hydroxylation is 2. The molecule has 0 saturated heterocycles. The second kappa shape index (κ2) is 7.76. The Balaban J connectivity index is 2.47. The van der Waals surface area contributed by atoms with Crippen LogP contribution in [0, 0.1) is 36.5 Å². The van der Waals surface area contributed by atoms with Crippen LogP contribution in [0.5, 0.6) is 0 Å². The summed E-state index contributed by atoms with van der Waals surface area (Å²) >= 11 is 0. The number of hydrogen-bond donors (Lipinski definition) is 0. The Morgan fingerprint density at radius 2 is 1.57 bits per heavy atom. The standard InChI is InChI=1S/C23H15F5N2/c1-12-3-15-8-17(10-29)20(11-30)22(19(15)4-13(12)2)16-5-14(7-21(24)25)6-18(9-16)23(26,27)28/h3-6,8-9,21H,7H2,1-2H3. The Bertz CT molecular complexity index is 1230. The molecule has 0 saturated carbocycles. The Hall–Kier alpha value is -3.45. The van der Waals surface area contributed by atoms with Crippen molar-refractivity contribution in [2.45, 2.75) is 32.9 Å². The lowest BCUT2D eigenvalue weighted by molar-refractivity contribution is -0.137. The summed E-state index contributed by atoms with van der Waals surface area (Å²) in [6.07, 6.45) is -8.44. The van der Waals surface area contributed by atoms with Crippen LogP contribution in [0.25, 0.3) is 21.9 Å². The summed E-state index contributed by atoms with van der Waals surface area (Å²) in [7, 11) is 0. The molecular formula is C23H15F5N2. The van der Waals surface area contributed by atoms with E-state index in [1.807, 2.05) is 26.0 Å². The van der Waals surface area contributed by atoms with Gasteiger partial charge in [0.25, 0.3) is 0 Å². The highest BCUT2D eigenvalue weighted by atomic mass is 19.4. The highest BCUT2D eigenvalue weighted by molar-refractivity contribution is 6.01. The van der Waals surface area contributed by atoms with Crippen LogP contribution in [0.2, 0.25) is 0 Å². The molecule has 0 aromatic heterocycles. The molecule has 0 heterocycles. The summed E-state index contributed by atoms with van der Waals surface area (Å²) in [6, 6.07) is 11.6. The van der Waals surface area contributed by atoms with Crippen molar-refractivity contribution in [2.24, 2.45) is 0 Å². The molecule has 7 heteroatoms. The van der Waals surface area contributed by atoms with E-state index in [1.54, 1.807) is 12.1 Å². The first kappa shape index (κ1) is 21.3. The van der Waals surface area contributed by atoms with Crippen molar-refractivity contribution in [3.63, 3.8) is 0 Å². The molecule has 3 aromatic rings. The topological polar surface area (TPSA) is 47.6 Å². The Morgan fingerprint density at radius 1 is 0.900 bits per heavy atom. The van der Waals surface area contributed by atoms with Gasteiger partial charge in [-0.1, -0.05) is 18.2 Å². The van der Waals surface area contributed by atoms with Crippen molar-refractivity contribution in [1.29, 1.82) is 10.5 Å². The van der Waals surface area contributed by atoms with Crippen LogP contribution in [-0.2, 0) is 12.6 Å². The van der Waals surface area contributed by atoms with E-state index in [2.05, 4.69) is 0 Å². The van der Waals surface area contributed by atoms with E-state index in [0.29, 0.717) is 16.8 Å². The van der Waals surface area contributed by atoms with Crippen molar-refractivity contribution in [1.82, 2.24) is 0 Å². The van der Waals surface area contributed by atoms with Crippen LogP contribution in [0.4, 0.5) is 22.0 Å². The zero-order valence-electron chi connectivity index (χ0n) is 16.0. The Labute approximate surface area is 169 Å². The maximum absolute atomic E-state index is 13.5. The molecule has 0 unspecified atom stereocenters. The zero-order chi connectivity index (χ0) is 22.2. The average molecular weight is 414 g/mol. The van der Waals surface area contributed by atoms with Gasteiger partial charge < -0.3 is 0 Å². The highest BCUT2D eigenvalue weighted by Gasteiger charge is 2.32. The van der Waals surface area contributed by atoms with E-state index in [1.165, 1.54) is 12.1 Å². The first-order valence-corrected chi connectivity index (χ1v) is 8.93. The Kier molecular flexibility index (Phi) is 5.50. The molecule has 2 nitrogen and oxygen atoms in total. The van der Waals surface area contributed by atoms with Crippen molar-refractivity contribution in [2.75, 3.05) is 0 Å². The lowest BCUT2D eigenvalue weighted by atomic mass is 9.87. The largest absolute Gasteiger partial charge is 0.416 e. The molecule has 0 atom stereocenters. The van der Waals surface area contributed by atoms with Crippen molar-refractivity contribution in [3.05, 3.63) is 69.8 Å². The Morgan fingerprint density at radius 3 is 2.13 bits per heavy atom. The maximum atomic E-state index is 13.5. The fourth-order valence-electron chi connectivity index (χ4n) is 3.47. The number of alkyl halides is 5. The minimum atomic E-state index is -4.76. The number of benzene rings is 3. The quantitative estimate of drug-likeness (QED) is 0.448. The summed E-state index contributed by atoms with van der Waals surface area (Å²) in [5.74, 6) is 0. The molecule has 3 rings (SSSR count). The fraction of sp³-hybridized carbons (Fsp3) is 0.217.